The van der Waals surface area contributed by atoms with Crippen LogP contribution in [0.1, 0.15) is 50.7 Å². The molecule has 1 atom stereocenters. The van der Waals surface area contributed by atoms with Gasteiger partial charge in [-0.2, -0.15) is 0 Å². The second kappa shape index (κ2) is 6.93. The van der Waals surface area contributed by atoms with Crippen molar-refractivity contribution < 1.29 is 14.3 Å². The van der Waals surface area contributed by atoms with Crippen molar-refractivity contribution in [2.24, 2.45) is 0 Å². The highest BCUT2D eigenvalue weighted by molar-refractivity contribution is 5.91. The third-order valence-electron chi connectivity index (χ3n) is 5.12. The SMILES string of the molecule is CCOC1(C(=O)N[C@H](C)C(=O)N2Cc3ccccc3C2)CCCC1. The standard InChI is InChI=1S/C19H26N2O3/c1-3-24-19(10-6-7-11-19)18(23)20-14(2)17(22)21-12-15-8-4-5-9-16(15)13-21/h4-5,8-9,14H,3,6-7,10-13H2,1-2H3,(H,20,23)/t14-/m1/s1. The molecular formula is C19H26N2O3. The maximum atomic E-state index is 12.7. The summed E-state index contributed by atoms with van der Waals surface area (Å²) >= 11 is 0. The Morgan fingerprint density at radius 1 is 1.21 bits per heavy atom. The second-order valence-electron chi connectivity index (χ2n) is 6.79. The van der Waals surface area contributed by atoms with E-state index < -0.39 is 11.6 Å². The number of hydrogen-bond donors (Lipinski definition) is 1. The Kier molecular flexibility index (Phi) is 4.90. The molecule has 3 rings (SSSR count). The number of benzene rings is 1. The maximum absolute atomic E-state index is 12.7. The zero-order chi connectivity index (χ0) is 17.2. The largest absolute Gasteiger partial charge is 0.365 e. The van der Waals surface area contributed by atoms with Gasteiger partial charge in [-0.1, -0.05) is 24.3 Å². The smallest absolute Gasteiger partial charge is 0.252 e. The van der Waals surface area contributed by atoms with Crippen molar-refractivity contribution in [1.82, 2.24) is 10.2 Å². The van der Waals surface area contributed by atoms with Gasteiger partial charge in [0.05, 0.1) is 0 Å². The summed E-state index contributed by atoms with van der Waals surface area (Å²) < 4.78 is 5.77. The molecule has 5 heteroatoms. The molecule has 5 nitrogen and oxygen atoms in total. The number of ether oxygens (including phenoxy) is 1. The number of carbonyl (C=O) groups is 2. The number of hydrogen-bond acceptors (Lipinski definition) is 3. The molecule has 1 saturated carbocycles. The number of nitrogens with zero attached hydrogens (tertiary/aromatic N) is 1. The third kappa shape index (κ3) is 3.18. The number of fused-ring (bicyclic) bond motifs is 1. The normalized spacial score (nSPS) is 19.8. The van der Waals surface area contributed by atoms with Crippen LogP contribution in [0.25, 0.3) is 0 Å². The minimum Gasteiger partial charge on any atom is -0.365 e. The summed E-state index contributed by atoms with van der Waals surface area (Å²) in [6.45, 7) is 5.41. The van der Waals surface area contributed by atoms with Crippen molar-refractivity contribution in [3.63, 3.8) is 0 Å². The highest BCUT2D eigenvalue weighted by Crippen LogP contribution is 2.33. The summed E-state index contributed by atoms with van der Waals surface area (Å²) in [5, 5.41) is 2.90. The third-order valence-corrected chi connectivity index (χ3v) is 5.12. The van der Waals surface area contributed by atoms with Gasteiger partial charge in [-0.05, 0) is 50.7 Å². The molecule has 1 N–H and O–H groups in total. The molecule has 130 valence electrons. The van der Waals surface area contributed by atoms with Gasteiger partial charge in [0.15, 0.2) is 0 Å². The van der Waals surface area contributed by atoms with Crippen molar-refractivity contribution in [2.45, 2.75) is 64.3 Å². The Labute approximate surface area is 143 Å². The molecule has 0 saturated heterocycles. The van der Waals surface area contributed by atoms with Crippen LogP contribution < -0.4 is 5.32 Å². The van der Waals surface area contributed by atoms with Crippen LogP contribution in [0.2, 0.25) is 0 Å². The summed E-state index contributed by atoms with van der Waals surface area (Å²) in [5.41, 5.74) is 1.63. The molecule has 24 heavy (non-hydrogen) atoms. The number of carbonyl (C=O) groups excluding carboxylic acids is 2. The lowest BCUT2D eigenvalue weighted by molar-refractivity contribution is -0.149. The molecule has 1 aliphatic heterocycles. The molecule has 1 fully saturated rings. The van der Waals surface area contributed by atoms with E-state index in [0.29, 0.717) is 19.7 Å². The molecule has 1 aliphatic carbocycles. The molecule has 2 amide bonds. The van der Waals surface area contributed by atoms with Crippen LogP contribution in [0.15, 0.2) is 24.3 Å². The fraction of sp³-hybridized carbons (Fsp3) is 0.579. The van der Waals surface area contributed by atoms with Gasteiger partial charge in [0.2, 0.25) is 5.91 Å². The Morgan fingerprint density at radius 3 is 2.33 bits per heavy atom. The fourth-order valence-corrected chi connectivity index (χ4v) is 3.81. The minimum atomic E-state index is -0.739. The van der Waals surface area contributed by atoms with Crippen molar-refractivity contribution >= 4 is 11.8 Å². The monoisotopic (exact) mass is 330 g/mol. The van der Waals surface area contributed by atoms with E-state index in [9.17, 15) is 9.59 Å². The van der Waals surface area contributed by atoms with Gasteiger partial charge < -0.3 is 15.0 Å². The number of amides is 2. The molecular weight excluding hydrogens is 304 g/mol. The summed E-state index contributed by atoms with van der Waals surface area (Å²) in [7, 11) is 0. The highest BCUT2D eigenvalue weighted by Gasteiger charge is 2.43. The quantitative estimate of drug-likeness (QED) is 0.902. The lowest BCUT2D eigenvalue weighted by Gasteiger charge is -2.30. The Hall–Kier alpha value is -1.88. The first-order chi connectivity index (χ1) is 11.6. The first-order valence-corrected chi connectivity index (χ1v) is 8.86. The van der Waals surface area contributed by atoms with Crippen LogP contribution in [0.4, 0.5) is 0 Å². The molecule has 0 bridgehead atoms. The highest BCUT2D eigenvalue weighted by atomic mass is 16.5. The Bertz CT molecular complexity index is 598. The van der Waals surface area contributed by atoms with Crippen LogP contribution >= 0.6 is 0 Å². The van der Waals surface area contributed by atoms with Crippen molar-refractivity contribution in [3.05, 3.63) is 35.4 Å². The van der Waals surface area contributed by atoms with E-state index in [-0.39, 0.29) is 11.8 Å². The average Bonchev–Trinajstić information content (AvgIpc) is 3.21. The zero-order valence-electron chi connectivity index (χ0n) is 14.5. The summed E-state index contributed by atoms with van der Waals surface area (Å²) in [6, 6.07) is 7.54. The Morgan fingerprint density at radius 2 is 1.79 bits per heavy atom. The van der Waals surface area contributed by atoms with Crippen molar-refractivity contribution in [3.8, 4) is 0 Å². The summed E-state index contributed by atoms with van der Waals surface area (Å²) in [6.07, 6.45) is 3.47. The van der Waals surface area contributed by atoms with Gasteiger partial charge in [-0.3, -0.25) is 9.59 Å². The second-order valence-corrected chi connectivity index (χ2v) is 6.79. The van der Waals surface area contributed by atoms with E-state index in [1.54, 1.807) is 11.8 Å². The van der Waals surface area contributed by atoms with Gasteiger partial charge in [0.25, 0.3) is 5.91 Å². The van der Waals surface area contributed by atoms with Crippen LogP contribution in [0.3, 0.4) is 0 Å². The van der Waals surface area contributed by atoms with E-state index in [4.69, 9.17) is 4.74 Å². The molecule has 0 radical (unpaired) electrons. The molecule has 1 heterocycles. The van der Waals surface area contributed by atoms with E-state index in [1.165, 1.54) is 11.1 Å². The van der Waals surface area contributed by atoms with Crippen molar-refractivity contribution in [1.29, 1.82) is 0 Å². The molecule has 1 aromatic carbocycles. The molecule has 0 unspecified atom stereocenters. The molecule has 2 aliphatic rings. The van der Waals surface area contributed by atoms with E-state index in [1.807, 2.05) is 19.1 Å². The van der Waals surface area contributed by atoms with Gasteiger partial charge in [-0.25, -0.2) is 0 Å². The van der Waals surface area contributed by atoms with Crippen molar-refractivity contribution in [2.75, 3.05) is 6.61 Å². The lowest BCUT2D eigenvalue weighted by Crippen LogP contribution is -2.53. The molecule has 1 aromatic rings. The predicted molar refractivity (Wildman–Crippen MR) is 91.1 cm³/mol. The van der Waals surface area contributed by atoms with Crippen LogP contribution in [-0.4, -0.2) is 35.0 Å². The Balaban J connectivity index is 1.61. The van der Waals surface area contributed by atoms with E-state index >= 15 is 0 Å². The predicted octanol–water partition coefficient (Wildman–Crippen LogP) is 2.38. The average molecular weight is 330 g/mol. The molecule has 0 spiro atoms. The van der Waals surface area contributed by atoms with Crippen LogP contribution in [0.5, 0.6) is 0 Å². The van der Waals surface area contributed by atoms with Crippen LogP contribution in [0, 0.1) is 0 Å². The fourth-order valence-electron chi connectivity index (χ4n) is 3.81. The zero-order valence-corrected chi connectivity index (χ0v) is 14.5. The number of rotatable bonds is 5. The van der Waals surface area contributed by atoms with E-state index in [2.05, 4.69) is 17.4 Å². The summed E-state index contributed by atoms with van der Waals surface area (Å²) in [4.78, 5) is 27.2. The lowest BCUT2D eigenvalue weighted by atomic mass is 10.0. The van der Waals surface area contributed by atoms with E-state index in [0.717, 1.165) is 25.7 Å². The van der Waals surface area contributed by atoms with Gasteiger partial charge >= 0.3 is 0 Å². The topological polar surface area (TPSA) is 58.6 Å². The first-order valence-electron chi connectivity index (χ1n) is 8.86. The van der Waals surface area contributed by atoms with Gasteiger partial charge in [-0.15, -0.1) is 0 Å². The summed E-state index contributed by atoms with van der Waals surface area (Å²) in [5.74, 6) is -0.177. The minimum absolute atomic E-state index is 0.0378. The van der Waals surface area contributed by atoms with Gasteiger partial charge in [0, 0.05) is 19.7 Å². The number of nitrogens with one attached hydrogen (secondary N) is 1. The van der Waals surface area contributed by atoms with Crippen LogP contribution in [-0.2, 0) is 27.4 Å². The maximum Gasteiger partial charge on any atom is 0.252 e. The first kappa shape index (κ1) is 17.0. The van der Waals surface area contributed by atoms with Gasteiger partial charge in [0.1, 0.15) is 11.6 Å². The molecule has 0 aromatic heterocycles.